The molecule has 0 aliphatic heterocycles. The van der Waals surface area contributed by atoms with Gasteiger partial charge in [0.1, 0.15) is 0 Å². The predicted octanol–water partition coefficient (Wildman–Crippen LogP) is 1.94. The summed E-state index contributed by atoms with van der Waals surface area (Å²) >= 11 is 0. The SMILES string of the molecule is C.C.COCC(C)OC. The second-order valence-electron chi connectivity index (χ2n) is 1.50. The Bertz CT molecular complexity index is 37.9. The number of ether oxygens (including phenoxy) is 2. The first kappa shape index (κ1) is 16.0. The minimum Gasteiger partial charge on any atom is -0.382 e. The summed E-state index contributed by atoms with van der Waals surface area (Å²) in [7, 11) is 3.33. The van der Waals surface area contributed by atoms with E-state index >= 15 is 0 Å². The van der Waals surface area contributed by atoms with Gasteiger partial charge in [-0.25, -0.2) is 0 Å². The van der Waals surface area contributed by atoms with Crippen LogP contribution in [0, 0.1) is 0 Å². The molecule has 0 aromatic heterocycles. The van der Waals surface area contributed by atoms with E-state index in [0.717, 1.165) is 0 Å². The smallest absolute Gasteiger partial charge is 0.0776 e. The predicted molar refractivity (Wildman–Crippen MR) is 41.8 cm³/mol. The highest BCUT2D eigenvalue weighted by atomic mass is 16.5. The van der Waals surface area contributed by atoms with Crippen molar-refractivity contribution < 1.29 is 9.47 Å². The van der Waals surface area contributed by atoms with Gasteiger partial charge < -0.3 is 9.47 Å². The number of rotatable bonds is 3. The molecule has 0 N–H and O–H groups in total. The van der Waals surface area contributed by atoms with E-state index in [1.807, 2.05) is 6.92 Å². The van der Waals surface area contributed by atoms with Gasteiger partial charge in [0.15, 0.2) is 0 Å². The number of hydrogen-bond acceptors (Lipinski definition) is 2. The highest BCUT2D eigenvalue weighted by molar-refractivity contribution is 4.41. The van der Waals surface area contributed by atoms with Gasteiger partial charge in [0, 0.05) is 14.2 Å². The molecule has 1 unspecified atom stereocenters. The van der Waals surface area contributed by atoms with Crippen molar-refractivity contribution in [3.05, 3.63) is 0 Å². The second-order valence-corrected chi connectivity index (χ2v) is 1.50. The Balaban J connectivity index is -0.000000180. The van der Waals surface area contributed by atoms with Gasteiger partial charge in [-0.2, -0.15) is 0 Å². The third kappa shape index (κ3) is 11.5. The standard InChI is InChI=1S/C5H12O2.2CH4/c1-5(7-3)4-6-2;;/h5H,4H2,1-3H3;2*1H4. The van der Waals surface area contributed by atoms with E-state index in [4.69, 9.17) is 9.47 Å². The van der Waals surface area contributed by atoms with Crippen molar-refractivity contribution in [2.24, 2.45) is 0 Å². The molecule has 1 atom stereocenters. The zero-order chi connectivity index (χ0) is 5.70. The molecule has 0 heterocycles. The van der Waals surface area contributed by atoms with Gasteiger partial charge in [0.05, 0.1) is 12.7 Å². The average Bonchev–Trinajstić information content (AvgIpc) is 1.68. The Kier molecular flexibility index (Phi) is 19.2. The number of hydrogen-bond donors (Lipinski definition) is 0. The molecule has 0 bridgehead atoms. The van der Waals surface area contributed by atoms with Gasteiger partial charge in [0.25, 0.3) is 0 Å². The van der Waals surface area contributed by atoms with Crippen LogP contribution in [-0.2, 0) is 9.47 Å². The molecule has 0 fully saturated rings. The number of methoxy groups -OCH3 is 2. The molecule has 9 heavy (non-hydrogen) atoms. The van der Waals surface area contributed by atoms with Crippen LogP contribution in [0.3, 0.4) is 0 Å². The van der Waals surface area contributed by atoms with Gasteiger partial charge in [0.2, 0.25) is 0 Å². The maximum atomic E-state index is 4.87. The maximum absolute atomic E-state index is 4.87. The van der Waals surface area contributed by atoms with E-state index in [2.05, 4.69) is 0 Å². The van der Waals surface area contributed by atoms with E-state index < -0.39 is 0 Å². The normalized spacial score (nSPS) is 11.0. The summed E-state index contributed by atoms with van der Waals surface area (Å²) < 4.78 is 9.64. The quantitative estimate of drug-likeness (QED) is 0.590. The van der Waals surface area contributed by atoms with Gasteiger partial charge in [-0.1, -0.05) is 14.9 Å². The van der Waals surface area contributed by atoms with Crippen LogP contribution in [0.5, 0.6) is 0 Å². The molecule has 0 aliphatic rings. The first-order chi connectivity index (χ1) is 3.31. The van der Waals surface area contributed by atoms with Crippen LogP contribution in [-0.4, -0.2) is 26.9 Å². The topological polar surface area (TPSA) is 18.5 Å². The van der Waals surface area contributed by atoms with Crippen molar-refractivity contribution in [3.63, 3.8) is 0 Å². The molecule has 0 amide bonds. The molecular formula is C7H20O2. The summed E-state index contributed by atoms with van der Waals surface area (Å²) in [6, 6.07) is 0. The van der Waals surface area contributed by atoms with Crippen LogP contribution in [0.2, 0.25) is 0 Å². The van der Waals surface area contributed by atoms with E-state index in [1.54, 1.807) is 14.2 Å². The van der Waals surface area contributed by atoms with Crippen molar-refractivity contribution in [2.45, 2.75) is 27.9 Å². The maximum Gasteiger partial charge on any atom is 0.0776 e. The van der Waals surface area contributed by atoms with Crippen LogP contribution < -0.4 is 0 Å². The Morgan fingerprint density at radius 2 is 1.67 bits per heavy atom. The van der Waals surface area contributed by atoms with Crippen LogP contribution in [0.15, 0.2) is 0 Å². The third-order valence-corrected chi connectivity index (χ3v) is 0.804. The monoisotopic (exact) mass is 136 g/mol. The molecule has 2 nitrogen and oxygen atoms in total. The summed E-state index contributed by atoms with van der Waals surface area (Å²) in [5.74, 6) is 0. The lowest BCUT2D eigenvalue weighted by Gasteiger charge is -2.05. The minimum absolute atomic E-state index is 0. The molecule has 0 saturated carbocycles. The summed E-state index contributed by atoms with van der Waals surface area (Å²) in [5.41, 5.74) is 0. The van der Waals surface area contributed by atoms with Crippen LogP contribution in [0.1, 0.15) is 21.8 Å². The first-order valence-corrected chi connectivity index (χ1v) is 2.33. The third-order valence-electron chi connectivity index (χ3n) is 0.804. The molecule has 0 saturated heterocycles. The van der Waals surface area contributed by atoms with Gasteiger partial charge >= 0.3 is 0 Å². The Morgan fingerprint density at radius 1 is 1.22 bits per heavy atom. The zero-order valence-corrected chi connectivity index (χ0v) is 5.10. The fourth-order valence-electron chi connectivity index (χ4n) is 0.303. The van der Waals surface area contributed by atoms with Gasteiger partial charge in [-0.05, 0) is 6.92 Å². The Labute approximate surface area is 59.2 Å². The van der Waals surface area contributed by atoms with Crippen LogP contribution >= 0.6 is 0 Å². The average molecular weight is 136 g/mol. The fraction of sp³-hybridized carbons (Fsp3) is 1.00. The lowest BCUT2D eigenvalue weighted by molar-refractivity contribution is 0.0401. The minimum atomic E-state index is 0. The molecule has 0 aliphatic carbocycles. The molecule has 0 aromatic rings. The molecule has 0 radical (unpaired) electrons. The summed E-state index contributed by atoms with van der Waals surface area (Å²) in [6.45, 7) is 2.64. The summed E-state index contributed by atoms with van der Waals surface area (Å²) in [4.78, 5) is 0. The lowest BCUT2D eigenvalue weighted by Crippen LogP contribution is -2.11. The molecule has 0 aromatic carbocycles. The second kappa shape index (κ2) is 10.8. The molecule has 0 spiro atoms. The van der Waals surface area contributed by atoms with Crippen molar-refractivity contribution in [1.82, 2.24) is 0 Å². The Morgan fingerprint density at radius 3 is 1.78 bits per heavy atom. The molecule has 60 valence electrons. The van der Waals surface area contributed by atoms with Crippen molar-refractivity contribution >= 4 is 0 Å². The van der Waals surface area contributed by atoms with Gasteiger partial charge in [-0.3, -0.25) is 0 Å². The molecule has 0 rings (SSSR count). The first-order valence-electron chi connectivity index (χ1n) is 2.33. The largest absolute Gasteiger partial charge is 0.382 e. The van der Waals surface area contributed by atoms with E-state index in [0.29, 0.717) is 6.61 Å². The van der Waals surface area contributed by atoms with E-state index in [1.165, 1.54) is 0 Å². The Hall–Kier alpha value is -0.0800. The van der Waals surface area contributed by atoms with Crippen LogP contribution in [0.25, 0.3) is 0 Å². The highest BCUT2D eigenvalue weighted by Gasteiger charge is 1.93. The molecule has 2 heteroatoms. The van der Waals surface area contributed by atoms with E-state index in [9.17, 15) is 0 Å². The highest BCUT2D eigenvalue weighted by Crippen LogP contribution is 1.84. The van der Waals surface area contributed by atoms with Crippen molar-refractivity contribution in [2.75, 3.05) is 20.8 Å². The van der Waals surface area contributed by atoms with Crippen molar-refractivity contribution in [3.8, 4) is 0 Å². The fourth-order valence-corrected chi connectivity index (χ4v) is 0.303. The molecular weight excluding hydrogens is 116 g/mol. The van der Waals surface area contributed by atoms with Gasteiger partial charge in [-0.15, -0.1) is 0 Å². The van der Waals surface area contributed by atoms with Crippen LogP contribution in [0.4, 0.5) is 0 Å². The van der Waals surface area contributed by atoms with Crippen molar-refractivity contribution in [1.29, 1.82) is 0 Å². The summed E-state index contributed by atoms with van der Waals surface area (Å²) in [6.07, 6.45) is 0.227. The lowest BCUT2D eigenvalue weighted by atomic mass is 10.4. The zero-order valence-electron chi connectivity index (χ0n) is 5.10. The summed E-state index contributed by atoms with van der Waals surface area (Å²) in [5, 5.41) is 0. The van der Waals surface area contributed by atoms with E-state index in [-0.39, 0.29) is 21.0 Å².